The molecule has 1 fully saturated rings. The number of halogens is 1. The van der Waals surface area contributed by atoms with Gasteiger partial charge < -0.3 is 0 Å². The molecular weight excluding hydrogens is 441 g/mol. The number of benzene rings is 2. The Balaban J connectivity index is 1.71. The summed E-state index contributed by atoms with van der Waals surface area (Å²) in [5.41, 5.74) is 2.13. The Morgan fingerprint density at radius 2 is 1.75 bits per heavy atom. The van der Waals surface area contributed by atoms with E-state index < -0.39 is 0 Å². The van der Waals surface area contributed by atoms with Crippen molar-refractivity contribution in [3.63, 3.8) is 0 Å². The van der Waals surface area contributed by atoms with Crippen molar-refractivity contribution in [2.45, 2.75) is 10.6 Å². The zero-order valence-electron chi connectivity index (χ0n) is 15.5. The minimum atomic E-state index is -0.121. The van der Waals surface area contributed by atoms with Crippen molar-refractivity contribution >= 4 is 50.2 Å². The van der Waals surface area contributed by atoms with Gasteiger partial charge in [-0.1, -0.05) is 0 Å². The summed E-state index contributed by atoms with van der Waals surface area (Å²) in [5, 5.41) is 2.99. The Kier molecular flexibility index (Phi) is 5.72. The first-order valence-electron chi connectivity index (χ1n) is 9.03. The predicted molar refractivity (Wildman–Crippen MR) is 114 cm³/mol. The molecule has 2 aliphatic heterocycles. The monoisotopic (exact) mass is 461 g/mol. The molecule has 0 aromatic heterocycles. The normalized spacial score (nSPS) is 18.6. The van der Waals surface area contributed by atoms with E-state index in [0.717, 1.165) is 30.1 Å². The fourth-order valence-electron chi connectivity index (χ4n) is 3.16. The summed E-state index contributed by atoms with van der Waals surface area (Å²) in [5.74, 6) is 1.37. The number of rotatable bonds is 3. The summed E-state index contributed by atoms with van der Waals surface area (Å²) in [7, 11) is 1.63. The van der Waals surface area contributed by atoms with E-state index in [4.69, 9.17) is 21.3 Å². The number of anilines is 1. The van der Waals surface area contributed by atoms with Gasteiger partial charge in [-0.15, -0.1) is 0 Å². The Labute approximate surface area is 175 Å². The van der Waals surface area contributed by atoms with E-state index in [0.29, 0.717) is 31.6 Å². The van der Waals surface area contributed by atoms with Crippen molar-refractivity contribution in [3.8, 4) is 5.75 Å². The van der Waals surface area contributed by atoms with Crippen molar-refractivity contribution in [1.82, 2.24) is 4.90 Å². The number of hydrogen-bond acceptors (Lipinski definition) is 4. The fraction of sp³-hybridized carbons (Fsp3) is 0.238. The standard InChI is InChI=1S/C21H20ClN3O2Se/c1-27-18-8-2-15(3-9-18)14-19-20(26)25(17-6-4-16(22)5-7-17)21(23-19)24-10-12-28-13-11-24/h2-9,14H,10-13H2,1H3/b19-14+. The van der Waals surface area contributed by atoms with Crippen molar-refractivity contribution in [2.24, 2.45) is 4.99 Å². The molecule has 2 aromatic carbocycles. The van der Waals surface area contributed by atoms with Crippen LogP contribution in [0.25, 0.3) is 6.08 Å². The van der Waals surface area contributed by atoms with E-state index in [1.807, 2.05) is 42.5 Å². The van der Waals surface area contributed by atoms with Gasteiger partial charge in [0, 0.05) is 0 Å². The number of amides is 1. The molecule has 0 aliphatic carbocycles. The number of carbonyl (C=O) groups excluding carboxylic acids is 1. The molecule has 144 valence electrons. The Hall–Kier alpha value is -2.27. The molecule has 4 rings (SSSR count). The van der Waals surface area contributed by atoms with Crippen LogP contribution in [0.1, 0.15) is 5.56 Å². The van der Waals surface area contributed by atoms with Gasteiger partial charge in [0.2, 0.25) is 0 Å². The van der Waals surface area contributed by atoms with Crippen LogP contribution in [0.5, 0.6) is 5.75 Å². The first kappa shape index (κ1) is 19.1. The van der Waals surface area contributed by atoms with Gasteiger partial charge in [0.15, 0.2) is 0 Å². The molecule has 1 amide bonds. The molecule has 0 spiro atoms. The van der Waals surface area contributed by atoms with E-state index in [1.54, 1.807) is 24.1 Å². The third kappa shape index (κ3) is 3.95. The molecule has 28 heavy (non-hydrogen) atoms. The molecule has 0 saturated carbocycles. The third-order valence-corrected chi connectivity index (χ3v) is 6.87. The van der Waals surface area contributed by atoms with Gasteiger partial charge in [-0.05, 0) is 0 Å². The topological polar surface area (TPSA) is 45.1 Å². The second-order valence-electron chi connectivity index (χ2n) is 6.43. The first-order chi connectivity index (χ1) is 13.7. The van der Waals surface area contributed by atoms with Gasteiger partial charge in [0.1, 0.15) is 0 Å². The van der Waals surface area contributed by atoms with Gasteiger partial charge in [0.25, 0.3) is 0 Å². The van der Waals surface area contributed by atoms with Crippen LogP contribution >= 0.6 is 11.6 Å². The average Bonchev–Trinajstić information content (AvgIpc) is 3.06. The van der Waals surface area contributed by atoms with Gasteiger partial charge >= 0.3 is 169 Å². The zero-order chi connectivity index (χ0) is 19.5. The number of ether oxygens (including phenoxy) is 1. The molecule has 2 heterocycles. The van der Waals surface area contributed by atoms with Crippen LogP contribution in [-0.4, -0.2) is 51.9 Å². The number of carbonyl (C=O) groups is 1. The first-order valence-corrected chi connectivity index (χ1v) is 11.8. The van der Waals surface area contributed by atoms with Crippen LogP contribution in [0.4, 0.5) is 5.69 Å². The van der Waals surface area contributed by atoms with Gasteiger partial charge in [0.05, 0.1) is 7.11 Å². The van der Waals surface area contributed by atoms with Crippen LogP contribution in [0, 0.1) is 0 Å². The maximum absolute atomic E-state index is 13.2. The number of aliphatic imine (C=N–C) groups is 1. The quantitative estimate of drug-likeness (QED) is 0.515. The van der Waals surface area contributed by atoms with Crippen molar-refractivity contribution in [3.05, 3.63) is 64.8 Å². The minimum absolute atomic E-state index is 0.121. The zero-order valence-corrected chi connectivity index (χ0v) is 17.9. The van der Waals surface area contributed by atoms with Crippen molar-refractivity contribution in [2.75, 3.05) is 25.1 Å². The molecule has 2 aliphatic rings. The summed E-state index contributed by atoms with van der Waals surface area (Å²) in [6.45, 7) is 1.87. The van der Waals surface area contributed by atoms with E-state index in [2.05, 4.69) is 4.90 Å². The number of nitrogens with zero attached hydrogens (tertiary/aromatic N) is 3. The summed E-state index contributed by atoms with van der Waals surface area (Å²) in [6.07, 6.45) is 1.82. The second-order valence-corrected chi connectivity index (χ2v) is 9.44. The number of guanidine groups is 1. The molecule has 0 N–H and O–H groups in total. The maximum atomic E-state index is 13.2. The van der Waals surface area contributed by atoms with E-state index in [1.165, 1.54) is 10.6 Å². The summed E-state index contributed by atoms with van der Waals surface area (Å²) in [4.78, 5) is 21.9. The molecule has 1 saturated heterocycles. The van der Waals surface area contributed by atoms with Crippen molar-refractivity contribution in [1.29, 1.82) is 0 Å². The van der Waals surface area contributed by atoms with Crippen molar-refractivity contribution < 1.29 is 9.53 Å². The van der Waals surface area contributed by atoms with E-state index in [9.17, 15) is 4.79 Å². The Bertz CT molecular complexity index is 920. The second kappa shape index (κ2) is 8.39. The van der Waals surface area contributed by atoms with E-state index >= 15 is 0 Å². The van der Waals surface area contributed by atoms with Crippen LogP contribution in [0.15, 0.2) is 59.2 Å². The molecule has 5 nitrogen and oxygen atoms in total. The number of methoxy groups -OCH3 is 1. The average molecular weight is 461 g/mol. The summed E-state index contributed by atoms with van der Waals surface area (Å²) < 4.78 is 5.20. The summed E-state index contributed by atoms with van der Waals surface area (Å²) >= 11 is 6.72. The van der Waals surface area contributed by atoms with Gasteiger partial charge in [-0.2, -0.15) is 0 Å². The molecule has 7 heteroatoms. The Morgan fingerprint density at radius 1 is 1.07 bits per heavy atom. The molecule has 0 bridgehead atoms. The fourth-order valence-corrected chi connectivity index (χ4v) is 5.18. The Morgan fingerprint density at radius 3 is 2.39 bits per heavy atom. The van der Waals surface area contributed by atoms with Crippen LogP contribution < -0.4 is 9.64 Å². The molecular formula is C21H20ClN3O2Se. The van der Waals surface area contributed by atoms with Crippen LogP contribution in [0.3, 0.4) is 0 Å². The van der Waals surface area contributed by atoms with E-state index in [-0.39, 0.29) is 5.91 Å². The molecule has 2 aromatic rings. The number of hydrogen-bond donors (Lipinski definition) is 0. The van der Waals surface area contributed by atoms with Crippen LogP contribution in [-0.2, 0) is 4.79 Å². The predicted octanol–water partition coefficient (Wildman–Crippen LogP) is 3.95. The molecule has 0 unspecified atom stereocenters. The molecule has 0 radical (unpaired) electrons. The van der Waals surface area contributed by atoms with Gasteiger partial charge in [-0.25, -0.2) is 0 Å². The third-order valence-electron chi connectivity index (χ3n) is 4.64. The van der Waals surface area contributed by atoms with Gasteiger partial charge in [-0.3, -0.25) is 0 Å². The molecule has 0 atom stereocenters. The summed E-state index contributed by atoms with van der Waals surface area (Å²) in [6, 6.07) is 14.9. The SMILES string of the molecule is COc1ccc(/C=C2/N=C(N3CC[Se]CC3)N(c3ccc(Cl)cc3)C2=O)cc1. The van der Waals surface area contributed by atoms with Crippen LogP contribution in [0.2, 0.25) is 15.7 Å².